The van der Waals surface area contributed by atoms with Gasteiger partial charge in [-0.1, -0.05) is 35.9 Å². The predicted octanol–water partition coefficient (Wildman–Crippen LogP) is 3.01. The van der Waals surface area contributed by atoms with Crippen molar-refractivity contribution in [2.75, 3.05) is 64.4 Å². The molecule has 1 amide bonds. The largest absolute Gasteiger partial charge is 0.495 e. The van der Waals surface area contributed by atoms with Gasteiger partial charge in [0.05, 0.1) is 36.1 Å². The van der Waals surface area contributed by atoms with E-state index in [9.17, 15) is 4.79 Å². The lowest BCUT2D eigenvalue weighted by molar-refractivity contribution is -0.0363. The number of hydrogen-bond acceptors (Lipinski definition) is 5. The van der Waals surface area contributed by atoms with E-state index >= 15 is 0 Å². The summed E-state index contributed by atoms with van der Waals surface area (Å²) >= 11 is 6.22. The molecule has 2 aromatic rings. The van der Waals surface area contributed by atoms with E-state index in [0.29, 0.717) is 30.3 Å². The zero-order valence-electron chi connectivity index (χ0n) is 17.3. The first-order valence-electron chi connectivity index (χ1n) is 10.4. The summed E-state index contributed by atoms with van der Waals surface area (Å²) in [5.74, 6) is 0.894. The molecule has 0 spiro atoms. The zero-order valence-corrected chi connectivity index (χ0v) is 18.1. The fourth-order valence-electron chi connectivity index (χ4n) is 4.17. The number of para-hydroxylation sites is 2. The SMILES string of the molecule is COc1ccccc1N1CCN(CC2CN(C(=O)c3ccccc3Cl)CCO2)CC1. The molecule has 1 unspecified atom stereocenters. The van der Waals surface area contributed by atoms with Crippen LogP contribution in [0.3, 0.4) is 0 Å². The van der Waals surface area contributed by atoms with Crippen molar-refractivity contribution in [3.05, 3.63) is 59.1 Å². The topological polar surface area (TPSA) is 45.2 Å². The number of rotatable bonds is 5. The lowest BCUT2D eigenvalue weighted by Crippen LogP contribution is -2.53. The average Bonchev–Trinajstić information content (AvgIpc) is 2.80. The summed E-state index contributed by atoms with van der Waals surface area (Å²) in [7, 11) is 1.71. The molecule has 0 radical (unpaired) electrons. The summed E-state index contributed by atoms with van der Waals surface area (Å²) in [4.78, 5) is 19.5. The smallest absolute Gasteiger partial charge is 0.255 e. The highest BCUT2D eigenvalue weighted by Crippen LogP contribution is 2.28. The predicted molar refractivity (Wildman–Crippen MR) is 119 cm³/mol. The number of anilines is 1. The third kappa shape index (κ3) is 4.72. The Labute approximate surface area is 182 Å². The van der Waals surface area contributed by atoms with E-state index in [1.807, 2.05) is 35.2 Å². The van der Waals surface area contributed by atoms with E-state index < -0.39 is 0 Å². The third-order valence-corrected chi connectivity index (χ3v) is 6.12. The Morgan fingerprint density at radius 1 is 1.07 bits per heavy atom. The van der Waals surface area contributed by atoms with Gasteiger partial charge in [0.1, 0.15) is 5.75 Å². The zero-order chi connectivity index (χ0) is 20.9. The standard InChI is InChI=1S/C23H28ClN3O3/c1-29-22-9-5-4-8-21(22)26-12-10-25(11-13-26)16-18-17-27(14-15-30-18)23(28)19-6-2-3-7-20(19)24/h2-9,18H,10-17H2,1H3. The van der Waals surface area contributed by atoms with Gasteiger partial charge in [-0.15, -0.1) is 0 Å². The Balaban J connectivity index is 1.31. The molecule has 6 nitrogen and oxygen atoms in total. The Morgan fingerprint density at radius 2 is 1.80 bits per heavy atom. The number of methoxy groups -OCH3 is 1. The van der Waals surface area contributed by atoms with Crippen molar-refractivity contribution in [2.45, 2.75) is 6.10 Å². The van der Waals surface area contributed by atoms with Crippen molar-refractivity contribution in [1.29, 1.82) is 0 Å². The molecule has 2 aliphatic rings. The highest BCUT2D eigenvalue weighted by Gasteiger charge is 2.28. The van der Waals surface area contributed by atoms with Crippen molar-refractivity contribution in [3.63, 3.8) is 0 Å². The van der Waals surface area contributed by atoms with Gasteiger partial charge in [-0.3, -0.25) is 9.69 Å². The van der Waals surface area contributed by atoms with E-state index in [1.165, 1.54) is 0 Å². The lowest BCUT2D eigenvalue weighted by atomic mass is 10.1. The first-order valence-corrected chi connectivity index (χ1v) is 10.8. The van der Waals surface area contributed by atoms with Crippen LogP contribution in [-0.2, 0) is 4.74 Å². The molecule has 4 rings (SSSR count). The number of hydrogen-bond donors (Lipinski definition) is 0. The summed E-state index contributed by atoms with van der Waals surface area (Å²) in [6, 6.07) is 15.4. The molecule has 2 heterocycles. The Bertz CT molecular complexity index is 870. The number of piperazine rings is 1. The molecule has 2 aliphatic heterocycles. The second-order valence-electron chi connectivity index (χ2n) is 7.68. The van der Waals surface area contributed by atoms with E-state index in [1.54, 1.807) is 19.2 Å². The minimum atomic E-state index is -0.0186. The summed E-state index contributed by atoms with van der Waals surface area (Å²) in [6.45, 7) is 6.37. The van der Waals surface area contributed by atoms with Crippen LogP contribution < -0.4 is 9.64 Å². The maximum atomic E-state index is 12.9. The highest BCUT2D eigenvalue weighted by molar-refractivity contribution is 6.33. The van der Waals surface area contributed by atoms with Crippen molar-refractivity contribution in [2.24, 2.45) is 0 Å². The maximum absolute atomic E-state index is 12.9. The van der Waals surface area contributed by atoms with E-state index in [0.717, 1.165) is 44.2 Å². The normalized spacial score (nSPS) is 20.3. The number of carbonyl (C=O) groups excluding carboxylic acids is 1. The summed E-state index contributed by atoms with van der Waals surface area (Å²) < 4.78 is 11.5. The fourth-order valence-corrected chi connectivity index (χ4v) is 4.39. The summed E-state index contributed by atoms with van der Waals surface area (Å²) in [5, 5.41) is 0.498. The van der Waals surface area contributed by atoms with Crippen molar-refractivity contribution >= 4 is 23.2 Å². The maximum Gasteiger partial charge on any atom is 0.255 e. The van der Waals surface area contributed by atoms with Crippen LogP contribution in [0, 0.1) is 0 Å². The number of morpholine rings is 1. The highest BCUT2D eigenvalue weighted by atomic mass is 35.5. The van der Waals surface area contributed by atoms with Gasteiger partial charge in [0, 0.05) is 45.8 Å². The van der Waals surface area contributed by atoms with Crippen molar-refractivity contribution in [3.8, 4) is 5.75 Å². The van der Waals surface area contributed by atoms with Gasteiger partial charge in [0.2, 0.25) is 0 Å². The van der Waals surface area contributed by atoms with E-state index in [2.05, 4.69) is 15.9 Å². The number of ether oxygens (including phenoxy) is 2. The van der Waals surface area contributed by atoms with E-state index in [4.69, 9.17) is 21.1 Å². The van der Waals surface area contributed by atoms with Crippen molar-refractivity contribution in [1.82, 2.24) is 9.80 Å². The molecule has 160 valence electrons. The van der Waals surface area contributed by atoms with Crippen LogP contribution >= 0.6 is 11.6 Å². The average molecular weight is 430 g/mol. The van der Waals surface area contributed by atoms with Gasteiger partial charge >= 0.3 is 0 Å². The number of nitrogens with zero attached hydrogens (tertiary/aromatic N) is 3. The van der Waals surface area contributed by atoms with Crippen LogP contribution in [0.1, 0.15) is 10.4 Å². The lowest BCUT2D eigenvalue weighted by Gasteiger charge is -2.40. The van der Waals surface area contributed by atoms with Crippen LogP contribution in [0.25, 0.3) is 0 Å². The molecule has 2 aromatic carbocycles. The van der Waals surface area contributed by atoms with Gasteiger partial charge in [0.15, 0.2) is 0 Å². The molecule has 2 fully saturated rings. The van der Waals surface area contributed by atoms with E-state index in [-0.39, 0.29) is 12.0 Å². The second kappa shape index (κ2) is 9.69. The van der Waals surface area contributed by atoms with Gasteiger partial charge in [-0.25, -0.2) is 0 Å². The molecule has 30 heavy (non-hydrogen) atoms. The van der Waals surface area contributed by atoms with Gasteiger partial charge in [-0.05, 0) is 24.3 Å². The van der Waals surface area contributed by atoms with Crippen LogP contribution in [0.15, 0.2) is 48.5 Å². The van der Waals surface area contributed by atoms with Gasteiger partial charge < -0.3 is 19.3 Å². The van der Waals surface area contributed by atoms with Crippen LogP contribution in [0.2, 0.25) is 5.02 Å². The second-order valence-corrected chi connectivity index (χ2v) is 8.09. The number of benzene rings is 2. The quantitative estimate of drug-likeness (QED) is 0.731. The summed E-state index contributed by atoms with van der Waals surface area (Å²) in [5.41, 5.74) is 1.70. The molecule has 0 N–H and O–H groups in total. The Kier molecular flexibility index (Phi) is 6.77. The molecule has 0 aromatic heterocycles. The fraction of sp³-hybridized carbons (Fsp3) is 0.435. The molecule has 2 saturated heterocycles. The van der Waals surface area contributed by atoms with Crippen LogP contribution in [-0.4, -0.2) is 81.3 Å². The molecular weight excluding hydrogens is 402 g/mol. The Hall–Kier alpha value is -2.28. The first kappa shape index (κ1) is 21.0. The monoisotopic (exact) mass is 429 g/mol. The van der Waals surface area contributed by atoms with Crippen LogP contribution in [0.5, 0.6) is 5.75 Å². The van der Waals surface area contributed by atoms with Crippen molar-refractivity contribution < 1.29 is 14.3 Å². The Morgan fingerprint density at radius 3 is 2.57 bits per heavy atom. The number of halogens is 1. The van der Waals surface area contributed by atoms with Gasteiger partial charge in [0.25, 0.3) is 5.91 Å². The molecule has 0 saturated carbocycles. The molecule has 0 aliphatic carbocycles. The molecule has 0 bridgehead atoms. The molecular formula is C23H28ClN3O3. The minimum Gasteiger partial charge on any atom is -0.495 e. The summed E-state index contributed by atoms with van der Waals surface area (Å²) in [6.07, 6.45) is 0.0167. The molecule has 1 atom stereocenters. The first-order chi connectivity index (χ1) is 14.7. The number of carbonyl (C=O) groups is 1. The third-order valence-electron chi connectivity index (χ3n) is 5.79. The number of amides is 1. The van der Waals surface area contributed by atoms with Crippen LogP contribution in [0.4, 0.5) is 5.69 Å². The minimum absolute atomic E-state index is 0.0167. The molecule has 7 heteroatoms. The van der Waals surface area contributed by atoms with Gasteiger partial charge in [-0.2, -0.15) is 0 Å².